The van der Waals surface area contributed by atoms with E-state index in [2.05, 4.69) is 40.5 Å². The highest BCUT2D eigenvalue weighted by atomic mass is 16.5. The zero-order valence-electron chi connectivity index (χ0n) is 18.7. The second-order valence-corrected chi connectivity index (χ2v) is 9.60. The molecule has 1 aliphatic heterocycles. The average molecular weight is 426 g/mol. The summed E-state index contributed by atoms with van der Waals surface area (Å²) >= 11 is 0. The number of carbonyl (C=O) groups excluding carboxylic acids is 1. The highest BCUT2D eigenvalue weighted by molar-refractivity contribution is 5.84. The predicted octanol–water partition coefficient (Wildman–Crippen LogP) is 4.00. The van der Waals surface area contributed by atoms with E-state index in [4.69, 9.17) is 4.74 Å². The molecule has 2 aromatic rings. The van der Waals surface area contributed by atoms with Crippen molar-refractivity contribution >= 4 is 5.91 Å². The number of aliphatic hydroxyl groups is 1. The Labute approximate surface area is 185 Å². The Morgan fingerprint density at radius 3 is 2.55 bits per heavy atom. The molecule has 1 aromatic heterocycles. The smallest absolute Gasteiger partial charge is 0.254 e. The number of carbonyl (C=O) groups is 1. The molecule has 31 heavy (non-hydrogen) atoms. The number of aromatic amines is 1. The Hall–Kier alpha value is -2.18. The standard InChI is InChI=1S/C25H35N3O3/c1-25(2,30)24(29)28-16-6-9-21(22-14-15-26-27-22)23(28)17-31-20-12-10-19(11-13-20)18-7-4-3-5-8-18/h3-5,7-8,14-15,19-21,23,30H,6,9-13,16-17H2,1-2H3,(H,26,27)/t19?,20?,21-,23+/m1/s1. The first-order valence-corrected chi connectivity index (χ1v) is 11.6. The molecule has 2 fully saturated rings. The highest BCUT2D eigenvalue weighted by Gasteiger charge is 2.41. The van der Waals surface area contributed by atoms with Crippen molar-refractivity contribution in [2.45, 2.75) is 82.0 Å². The van der Waals surface area contributed by atoms with Crippen LogP contribution in [0.1, 0.15) is 75.5 Å². The molecule has 1 aliphatic carbocycles. The van der Waals surface area contributed by atoms with Crippen LogP contribution in [0.25, 0.3) is 0 Å². The van der Waals surface area contributed by atoms with E-state index in [1.165, 1.54) is 5.56 Å². The summed E-state index contributed by atoms with van der Waals surface area (Å²) in [4.78, 5) is 14.8. The van der Waals surface area contributed by atoms with Crippen LogP contribution in [0.4, 0.5) is 0 Å². The number of nitrogens with zero attached hydrogens (tertiary/aromatic N) is 2. The van der Waals surface area contributed by atoms with Crippen molar-refractivity contribution in [3.05, 3.63) is 53.9 Å². The lowest BCUT2D eigenvalue weighted by Gasteiger charge is -2.43. The lowest BCUT2D eigenvalue weighted by Crippen LogP contribution is -2.56. The molecular weight excluding hydrogens is 390 g/mol. The molecule has 1 saturated heterocycles. The quantitative estimate of drug-likeness (QED) is 0.733. The second kappa shape index (κ2) is 9.53. The van der Waals surface area contributed by atoms with Gasteiger partial charge >= 0.3 is 0 Å². The van der Waals surface area contributed by atoms with Gasteiger partial charge in [0, 0.05) is 24.4 Å². The van der Waals surface area contributed by atoms with Crippen LogP contribution in [0.5, 0.6) is 0 Å². The molecule has 1 amide bonds. The van der Waals surface area contributed by atoms with Crippen LogP contribution in [-0.4, -0.2) is 57.0 Å². The summed E-state index contributed by atoms with van der Waals surface area (Å²) in [6.45, 7) is 4.28. The zero-order chi connectivity index (χ0) is 21.8. The Morgan fingerprint density at radius 1 is 1.16 bits per heavy atom. The van der Waals surface area contributed by atoms with E-state index in [-0.39, 0.29) is 24.0 Å². The number of rotatable bonds is 6. The van der Waals surface area contributed by atoms with Gasteiger partial charge in [0.15, 0.2) is 0 Å². The van der Waals surface area contributed by atoms with Crippen molar-refractivity contribution < 1.29 is 14.6 Å². The Bertz CT molecular complexity index is 823. The molecule has 2 aliphatic rings. The molecule has 1 aromatic carbocycles. The number of H-pyrrole nitrogens is 1. The molecular formula is C25H35N3O3. The monoisotopic (exact) mass is 425 g/mol. The number of piperidine rings is 1. The summed E-state index contributed by atoms with van der Waals surface area (Å²) in [5.74, 6) is 0.531. The van der Waals surface area contributed by atoms with E-state index >= 15 is 0 Å². The fourth-order valence-electron chi connectivity index (χ4n) is 5.23. The van der Waals surface area contributed by atoms with Gasteiger partial charge in [-0.25, -0.2) is 0 Å². The summed E-state index contributed by atoms with van der Waals surface area (Å²) in [6.07, 6.45) is 8.22. The zero-order valence-corrected chi connectivity index (χ0v) is 18.7. The number of ether oxygens (including phenoxy) is 1. The van der Waals surface area contributed by atoms with E-state index in [1.54, 1.807) is 20.0 Å². The van der Waals surface area contributed by atoms with Crippen LogP contribution in [0.2, 0.25) is 0 Å². The van der Waals surface area contributed by atoms with Crippen LogP contribution in [0.15, 0.2) is 42.6 Å². The molecule has 1 saturated carbocycles. The molecule has 0 unspecified atom stereocenters. The third-order valence-electron chi connectivity index (χ3n) is 6.93. The molecule has 6 heteroatoms. The van der Waals surface area contributed by atoms with Gasteiger partial charge in [-0.1, -0.05) is 30.3 Å². The average Bonchev–Trinajstić information content (AvgIpc) is 3.32. The number of benzene rings is 1. The SMILES string of the molecule is CC(C)(O)C(=O)N1CCC[C@H](c2ccn[nH]2)[C@@H]1COC1CCC(c2ccccc2)CC1. The van der Waals surface area contributed by atoms with Gasteiger partial charge in [0.1, 0.15) is 5.60 Å². The fourth-order valence-corrected chi connectivity index (χ4v) is 5.23. The third-order valence-corrected chi connectivity index (χ3v) is 6.93. The van der Waals surface area contributed by atoms with Crippen molar-refractivity contribution in [2.24, 2.45) is 0 Å². The molecule has 168 valence electrons. The van der Waals surface area contributed by atoms with Gasteiger partial charge in [0.25, 0.3) is 5.91 Å². The highest BCUT2D eigenvalue weighted by Crippen LogP contribution is 2.36. The molecule has 4 rings (SSSR count). The van der Waals surface area contributed by atoms with Crippen molar-refractivity contribution in [3.63, 3.8) is 0 Å². The summed E-state index contributed by atoms with van der Waals surface area (Å²) in [5.41, 5.74) is 1.08. The van der Waals surface area contributed by atoms with E-state index in [1.807, 2.05) is 11.0 Å². The number of nitrogens with one attached hydrogen (secondary N) is 1. The lowest BCUT2D eigenvalue weighted by molar-refractivity contribution is -0.155. The maximum Gasteiger partial charge on any atom is 0.254 e. The first-order valence-electron chi connectivity index (χ1n) is 11.6. The van der Waals surface area contributed by atoms with Gasteiger partial charge in [-0.3, -0.25) is 9.89 Å². The van der Waals surface area contributed by atoms with Crippen LogP contribution in [0.3, 0.4) is 0 Å². The fraction of sp³-hybridized carbons (Fsp3) is 0.600. The summed E-state index contributed by atoms with van der Waals surface area (Å²) in [6, 6.07) is 12.6. The number of hydrogen-bond acceptors (Lipinski definition) is 4. The van der Waals surface area contributed by atoms with Gasteiger partial charge in [-0.05, 0) is 69.9 Å². The van der Waals surface area contributed by atoms with Crippen molar-refractivity contribution in [1.82, 2.24) is 15.1 Å². The van der Waals surface area contributed by atoms with Gasteiger partial charge in [0.05, 0.1) is 18.8 Å². The first kappa shape index (κ1) is 22.0. The number of aromatic nitrogens is 2. The molecule has 0 spiro atoms. The molecule has 0 radical (unpaired) electrons. The van der Waals surface area contributed by atoms with Crippen molar-refractivity contribution in [2.75, 3.05) is 13.2 Å². The Kier molecular flexibility index (Phi) is 6.77. The van der Waals surface area contributed by atoms with Crippen LogP contribution in [-0.2, 0) is 9.53 Å². The summed E-state index contributed by atoms with van der Waals surface area (Å²) in [5, 5.41) is 17.6. The maximum absolute atomic E-state index is 13.0. The van der Waals surface area contributed by atoms with E-state index in [9.17, 15) is 9.90 Å². The molecule has 6 nitrogen and oxygen atoms in total. The van der Waals surface area contributed by atoms with Crippen LogP contribution >= 0.6 is 0 Å². The van der Waals surface area contributed by atoms with Gasteiger partial charge in [0.2, 0.25) is 0 Å². The van der Waals surface area contributed by atoms with Crippen molar-refractivity contribution in [1.29, 1.82) is 0 Å². The minimum atomic E-state index is -1.39. The molecule has 2 heterocycles. The summed E-state index contributed by atoms with van der Waals surface area (Å²) in [7, 11) is 0. The Balaban J connectivity index is 1.41. The van der Waals surface area contributed by atoms with Crippen molar-refractivity contribution in [3.8, 4) is 0 Å². The van der Waals surface area contributed by atoms with Crippen LogP contribution in [0, 0.1) is 0 Å². The minimum Gasteiger partial charge on any atom is -0.381 e. The molecule has 2 atom stereocenters. The number of amides is 1. The van der Waals surface area contributed by atoms with E-state index in [0.29, 0.717) is 19.1 Å². The second-order valence-electron chi connectivity index (χ2n) is 9.60. The van der Waals surface area contributed by atoms with Crippen LogP contribution < -0.4 is 0 Å². The maximum atomic E-state index is 13.0. The largest absolute Gasteiger partial charge is 0.381 e. The van der Waals surface area contributed by atoms with E-state index in [0.717, 1.165) is 44.2 Å². The molecule has 0 bridgehead atoms. The predicted molar refractivity (Wildman–Crippen MR) is 120 cm³/mol. The van der Waals surface area contributed by atoms with E-state index < -0.39 is 5.60 Å². The van der Waals surface area contributed by atoms with Gasteiger partial charge < -0.3 is 14.7 Å². The number of hydrogen-bond donors (Lipinski definition) is 2. The normalized spacial score (nSPS) is 27.3. The third kappa shape index (κ3) is 5.18. The minimum absolute atomic E-state index is 0.0972. The topological polar surface area (TPSA) is 78.5 Å². The summed E-state index contributed by atoms with van der Waals surface area (Å²) < 4.78 is 6.42. The first-order chi connectivity index (χ1) is 14.9. The van der Waals surface area contributed by atoms with Gasteiger partial charge in [-0.2, -0.15) is 5.10 Å². The van der Waals surface area contributed by atoms with Gasteiger partial charge in [-0.15, -0.1) is 0 Å². The lowest BCUT2D eigenvalue weighted by atomic mass is 9.82. The molecule has 2 N–H and O–H groups in total. The number of likely N-dealkylation sites (tertiary alicyclic amines) is 1. The Morgan fingerprint density at radius 2 is 1.90 bits per heavy atom.